The molecule has 1 aliphatic heterocycles. The Morgan fingerprint density at radius 1 is 0.973 bits per heavy atom. The van der Waals surface area contributed by atoms with Gasteiger partial charge in [0.05, 0.1) is 30.0 Å². The highest BCUT2D eigenvalue weighted by atomic mass is 32.1. The number of benzene rings is 3. The average Bonchev–Trinajstić information content (AvgIpc) is 3.42. The summed E-state index contributed by atoms with van der Waals surface area (Å²) in [6, 6.07) is 15.4. The predicted octanol–water partition coefficient (Wildman–Crippen LogP) is 5.87. The normalized spacial score (nSPS) is 17.0. The van der Waals surface area contributed by atoms with E-state index in [-0.39, 0.29) is 11.3 Å². The molecule has 0 spiro atoms. The number of nitrogens with zero attached hydrogens (tertiary/aromatic N) is 2. The molecule has 0 aliphatic carbocycles. The molecule has 1 N–H and O–H groups in total. The van der Waals surface area contributed by atoms with Crippen molar-refractivity contribution in [1.82, 2.24) is 4.98 Å². The number of thiazole rings is 1. The molecule has 5 rings (SSSR count). The lowest BCUT2D eigenvalue weighted by molar-refractivity contribution is -0.132. The molecular formula is C29H26N2O5S. The summed E-state index contributed by atoms with van der Waals surface area (Å²) in [6.07, 6.45) is 0. The quantitative estimate of drug-likeness (QED) is 0.204. The Bertz CT molecular complexity index is 1590. The van der Waals surface area contributed by atoms with Crippen LogP contribution < -0.4 is 14.4 Å². The molecule has 7 nitrogen and oxygen atoms in total. The van der Waals surface area contributed by atoms with Crippen molar-refractivity contribution >= 4 is 44.1 Å². The number of aromatic nitrogens is 1. The molecular weight excluding hydrogens is 488 g/mol. The highest BCUT2D eigenvalue weighted by Crippen LogP contribution is 2.48. The fourth-order valence-electron chi connectivity index (χ4n) is 4.78. The lowest BCUT2D eigenvalue weighted by Gasteiger charge is -2.25. The van der Waals surface area contributed by atoms with Crippen molar-refractivity contribution in [2.45, 2.75) is 26.8 Å². The number of aryl methyl sites for hydroxylation is 3. The number of para-hydroxylation sites is 1. The Labute approximate surface area is 218 Å². The molecule has 0 bridgehead atoms. The molecule has 1 atom stereocenters. The first-order chi connectivity index (χ1) is 17.7. The van der Waals surface area contributed by atoms with Crippen LogP contribution in [0.15, 0.2) is 60.2 Å². The van der Waals surface area contributed by atoms with Crippen LogP contribution in [0.25, 0.3) is 16.0 Å². The summed E-state index contributed by atoms with van der Waals surface area (Å²) in [5, 5.41) is 11.8. The summed E-state index contributed by atoms with van der Waals surface area (Å²) < 4.78 is 12.1. The maximum Gasteiger partial charge on any atom is 0.301 e. The van der Waals surface area contributed by atoms with Gasteiger partial charge in [0, 0.05) is 11.1 Å². The first kappa shape index (κ1) is 24.5. The van der Waals surface area contributed by atoms with Crippen LogP contribution in [0, 0.1) is 20.8 Å². The number of carbonyl (C=O) groups excluding carboxylic acids is 2. The number of amides is 1. The first-order valence-electron chi connectivity index (χ1n) is 11.7. The van der Waals surface area contributed by atoms with Crippen molar-refractivity contribution in [1.29, 1.82) is 0 Å². The Morgan fingerprint density at radius 3 is 2.38 bits per heavy atom. The van der Waals surface area contributed by atoms with Crippen molar-refractivity contribution < 1.29 is 24.2 Å². The maximum absolute atomic E-state index is 13.6. The lowest BCUT2D eigenvalue weighted by Crippen LogP contribution is -2.29. The van der Waals surface area contributed by atoms with Crippen LogP contribution in [-0.2, 0) is 9.59 Å². The number of ketones is 1. The van der Waals surface area contributed by atoms with E-state index >= 15 is 0 Å². The van der Waals surface area contributed by atoms with Crippen molar-refractivity contribution in [2.75, 3.05) is 19.1 Å². The van der Waals surface area contributed by atoms with Gasteiger partial charge in [-0.05, 0) is 44.0 Å². The molecule has 1 fully saturated rings. The number of carbonyl (C=O) groups is 2. The molecule has 188 valence electrons. The fourth-order valence-corrected chi connectivity index (χ4v) is 5.95. The zero-order chi connectivity index (χ0) is 26.4. The molecule has 1 saturated heterocycles. The monoisotopic (exact) mass is 514 g/mol. The second-order valence-corrected chi connectivity index (χ2v) is 10.1. The van der Waals surface area contributed by atoms with Gasteiger partial charge in [-0.15, -0.1) is 0 Å². The van der Waals surface area contributed by atoms with Crippen LogP contribution in [0.1, 0.15) is 33.9 Å². The van der Waals surface area contributed by atoms with Gasteiger partial charge >= 0.3 is 5.91 Å². The van der Waals surface area contributed by atoms with E-state index in [0.29, 0.717) is 27.8 Å². The molecule has 4 aromatic rings. The van der Waals surface area contributed by atoms with E-state index < -0.39 is 17.7 Å². The zero-order valence-corrected chi connectivity index (χ0v) is 22.0. The Kier molecular flexibility index (Phi) is 6.21. The Balaban J connectivity index is 1.80. The number of hydrogen-bond acceptors (Lipinski definition) is 7. The highest BCUT2D eigenvalue weighted by Gasteiger charge is 2.49. The van der Waals surface area contributed by atoms with Gasteiger partial charge < -0.3 is 14.6 Å². The van der Waals surface area contributed by atoms with E-state index in [4.69, 9.17) is 14.5 Å². The third kappa shape index (κ3) is 4.03. The SMILES string of the molecule is COc1cccc(C2C(=C(O)c3ccc(C)cc3)C(=O)C(=O)N2c2nc3c(C)cc(C)cc3s2)c1OC. The molecule has 0 radical (unpaired) electrons. The van der Waals surface area contributed by atoms with E-state index in [1.165, 1.54) is 30.5 Å². The molecule has 1 amide bonds. The third-order valence-corrected chi connectivity index (χ3v) is 7.52. The Morgan fingerprint density at radius 2 is 1.70 bits per heavy atom. The standard InChI is InChI=1S/C29H26N2O5S/c1-15-9-11-18(12-10-15)25(32)22-24(19-7-6-8-20(35-4)27(19)36-5)31(28(34)26(22)33)29-30-23-17(3)13-16(2)14-21(23)37-29/h6-14,24,32H,1-5H3. The molecule has 1 unspecified atom stereocenters. The van der Waals surface area contributed by atoms with E-state index in [2.05, 4.69) is 0 Å². The molecule has 3 aromatic carbocycles. The van der Waals surface area contributed by atoms with Gasteiger partial charge in [-0.1, -0.05) is 59.4 Å². The van der Waals surface area contributed by atoms with E-state index in [9.17, 15) is 14.7 Å². The minimum Gasteiger partial charge on any atom is -0.507 e. The first-order valence-corrected chi connectivity index (χ1v) is 12.5. The van der Waals surface area contributed by atoms with Gasteiger partial charge in [0.2, 0.25) is 0 Å². The molecule has 8 heteroatoms. The number of rotatable bonds is 5. The van der Waals surface area contributed by atoms with Gasteiger partial charge in [0.25, 0.3) is 5.78 Å². The fraction of sp³-hybridized carbons (Fsp3) is 0.207. The predicted molar refractivity (Wildman–Crippen MR) is 145 cm³/mol. The molecule has 1 aliphatic rings. The number of fused-ring (bicyclic) bond motifs is 1. The molecule has 2 heterocycles. The number of methoxy groups -OCH3 is 2. The topological polar surface area (TPSA) is 89.0 Å². The van der Waals surface area contributed by atoms with Gasteiger partial charge in [-0.3, -0.25) is 14.5 Å². The van der Waals surface area contributed by atoms with Crippen LogP contribution in [0.2, 0.25) is 0 Å². The van der Waals surface area contributed by atoms with Crippen molar-refractivity contribution in [2.24, 2.45) is 0 Å². The van der Waals surface area contributed by atoms with Crippen LogP contribution >= 0.6 is 11.3 Å². The average molecular weight is 515 g/mol. The van der Waals surface area contributed by atoms with E-state index in [0.717, 1.165) is 26.9 Å². The summed E-state index contributed by atoms with van der Waals surface area (Å²) in [6.45, 7) is 5.90. The molecule has 37 heavy (non-hydrogen) atoms. The van der Waals surface area contributed by atoms with Crippen molar-refractivity contribution in [3.63, 3.8) is 0 Å². The van der Waals surface area contributed by atoms with Gasteiger partial charge in [0.1, 0.15) is 11.8 Å². The smallest absolute Gasteiger partial charge is 0.301 e. The lowest BCUT2D eigenvalue weighted by atomic mass is 9.94. The number of anilines is 1. The third-order valence-electron chi connectivity index (χ3n) is 6.52. The summed E-state index contributed by atoms with van der Waals surface area (Å²) in [7, 11) is 3.01. The van der Waals surface area contributed by atoms with Crippen molar-refractivity contribution in [3.8, 4) is 11.5 Å². The largest absolute Gasteiger partial charge is 0.507 e. The number of Topliss-reactive ketones (excluding diaryl/α,β-unsaturated/α-hetero) is 1. The van der Waals surface area contributed by atoms with Crippen LogP contribution in [-0.4, -0.2) is 36.0 Å². The van der Waals surface area contributed by atoms with Crippen LogP contribution in [0.4, 0.5) is 5.13 Å². The summed E-state index contributed by atoms with van der Waals surface area (Å²) in [5.74, 6) is -1.01. The minimum absolute atomic E-state index is 0.0347. The van der Waals surface area contributed by atoms with Crippen LogP contribution in [0.3, 0.4) is 0 Å². The van der Waals surface area contributed by atoms with Gasteiger partial charge in [-0.2, -0.15) is 0 Å². The highest BCUT2D eigenvalue weighted by molar-refractivity contribution is 7.22. The van der Waals surface area contributed by atoms with E-state index in [1.54, 1.807) is 30.3 Å². The second kappa shape index (κ2) is 9.37. The molecule has 0 saturated carbocycles. The van der Waals surface area contributed by atoms with Gasteiger partial charge in [-0.25, -0.2) is 4.98 Å². The number of ether oxygens (including phenoxy) is 2. The molecule has 1 aromatic heterocycles. The van der Waals surface area contributed by atoms with Crippen molar-refractivity contribution in [3.05, 3.63) is 88.0 Å². The summed E-state index contributed by atoms with van der Waals surface area (Å²) in [5.41, 5.74) is 4.73. The van der Waals surface area contributed by atoms with Crippen LogP contribution in [0.5, 0.6) is 11.5 Å². The summed E-state index contributed by atoms with van der Waals surface area (Å²) in [4.78, 5) is 33.3. The zero-order valence-electron chi connectivity index (χ0n) is 21.2. The number of hydrogen-bond donors (Lipinski definition) is 1. The number of aliphatic hydroxyl groups is 1. The Hall–Kier alpha value is -4.17. The number of aliphatic hydroxyl groups excluding tert-OH is 1. The van der Waals surface area contributed by atoms with E-state index in [1.807, 2.05) is 45.0 Å². The summed E-state index contributed by atoms with van der Waals surface area (Å²) >= 11 is 1.33. The minimum atomic E-state index is -0.978. The maximum atomic E-state index is 13.6. The van der Waals surface area contributed by atoms with Gasteiger partial charge in [0.15, 0.2) is 16.6 Å². The second-order valence-electron chi connectivity index (χ2n) is 9.04.